The maximum Gasteiger partial charge on any atom is 0.306 e. The van der Waals surface area contributed by atoms with Crippen molar-refractivity contribution in [1.29, 1.82) is 0 Å². The second kappa shape index (κ2) is 39.6. The first-order chi connectivity index (χ1) is 22.2. The van der Waals surface area contributed by atoms with Crippen molar-refractivity contribution in [2.45, 2.75) is 238 Å². The normalized spacial score (nSPS) is 12.2. The van der Waals surface area contributed by atoms with Gasteiger partial charge in [-0.15, -0.1) is 0 Å². The summed E-state index contributed by atoms with van der Waals surface area (Å²) >= 11 is 0. The molecule has 0 aliphatic heterocycles. The molecule has 0 saturated carbocycles. The fourth-order valence-electron chi connectivity index (χ4n) is 6.33. The molecule has 0 heterocycles. The number of aliphatic hydroxyl groups excluding tert-OH is 1. The van der Waals surface area contributed by atoms with E-state index in [2.05, 4.69) is 13.8 Å². The zero-order valence-corrected chi connectivity index (χ0v) is 30.9. The number of carbonyl (C=O) groups excluding carboxylic acids is 1. The molecule has 45 heavy (non-hydrogen) atoms. The van der Waals surface area contributed by atoms with E-state index in [0.29, 0.717) is 19.6 Å². The van der Waals surface area contributed by atoms with Crippen LogP contribution in [0.25, 0.3) is 0 Å². The fourth-order valence-corrected chi connectivity index (χ4v) is 6.33. The smallest absolute Gasteiger partial charge is 0.306 e. The van der Waals surface area contributed by atoms with Gasteiger partial charge in [0.2, 0.25) is 0 Å². The minimum absolute atomic E-state index is 0.163. The molecule has 0 radical (unpaired) electrons. The summed E-state index contributed by atoms with van der Waals surface area (Å²) in [7, 11) is 0. The molecule has 0 amide bonds. The Morgan fingerprint density at radius 1 is 0.444 bits per heavy atom. The van der Waals surface area contributed by atoms with Crippen LogP contribution in [0, 0.1) is 0 Å². The minimum atomic E-state index is -0.523. The summed E-state index contributed by atoms with van der Waals surface area (Å²) in [6, 6.07) is 0. The zero-order valence-electron chi connectivity index (χ0n) is 30.9. The summed E-state index contributed by atoms with van der Waals surface area (Å²) < 4.78 is 11.1. The highest BCUT2D eigenvalue weighted by atomic mass is 16.6. The second-order valence-corrected chi connectivity index (χ2v) is 14.1. The Balaban J connectivity index is 3.32. The van der Waals surface area contributed by atoms with Crippen LogP contribution < -0.4 is 0 Å². The molecule has 0 bridgehead atoms. The number of hydrogen-bond donors (Lipinski definition) is 1. The molecule has 0 aromatic carbocycles. The molecule has 0 saturated heterocycles. The third kappa shape index (κ3) is 37.7. The van der Waals surface area contributed by atoms with Crippen LogP contribution in [-0.4, -0.2) is 37.0 Å². The van der Waals surface area contributed by atoms with Crippen LogP contribution in [0.15, 0.2) is 0 Å². The molecule has 4 heteroatoms. The van der Waals surface area contributed by atoms with Crippen molar-refractivity contribution in [1.82, 2.24) is 0 Å². The number of hydrogen-bond acceptors (Lipinski definition) is 4. The molecule has 0 aromatic rings. The van der Waals surface area contributed by atoms with Gasteiger partial charge in [0.1, 0.15) is 6.10 Å². The molecule has 0 rings (SSSR count). The van der Waals surface area contributed by atoms with Gasteiger partial charge in [-0.1, -0.05) is 213 Å². The van der Waals surface area contributed by atoms with E-state index in [4.69, 9.17) is 9.47 Å². The van der Waals surface area contributed by atoms with Crippen molar-refractivity contribution >= 4 is 5.97 Å². The van der Waals surface area contributed by atoms with Gasteiger partial charge in [-0.25, -0.2) is 0 Å². The second-order valence-electron chi connectivity index (χ2n) is 14.1. The number of unbranched alkanes of at least 4 members (excludes halogenated alkanes) is 31. The molecule has 0 fully saturated rings. The Morgan fingerprint density at radius 3 is 1.04 bits per heavy atom. The Bertz CT molecular complexity index is 552. The van der Waals surface area contributed by atoms with Crippen LogP contribution in [0.4, 0.5) is 0 Å². The summed E-state index contributed by atoms with van der Waals surface area (Å²) in [6.07, 6.45) is 44.5. The van der Waals surface area contributed by atoms with Crippen molar-refractivity contribution in [3.05, 3.63) is 0 Å². The first-order valence-corrected chi connectivity index (χ1v) is 20.6. The maximum atomic E-state index is 12.1. The first-order valence-electron chi connectivity index (χ1n) is 20.6. The molecule has 0 aliphatic carbocycles. The van der Waals surface area contributed by atoms with Crippen LogP contribution in [0.1, 0.15) is 232 Å². The third-order valence-electron chi connectivity index (χ3n) is 9.43. The van der Waals surface area contributed by atoms with Crippen molar-refractivity contribution < 1.29 is 19.4 Å². The molecule has 0 spiro atoms. The average Bonchev–Trinajstić information content (AvgIpc) is 3.05. The van der Waals surface area contributed by atoms with Gasteiger partial charge in [-0.05, 0) is 12.8 Å². The van der Waals surface area contributed by atoms with E-state index in [1.165, 1.54) is 193 Å². The quantitative estimate of drug-likeness (QED) is 0.0537. The van der Waals surface area contributed by atoms with Crippen molar-refractivity contribution in [2.75, 3.05) is 19.8 Å². The molecule has 1 N–H and O–H groups in total. The Kier molecular flexibility index (Phi) is 39.0. The zero-order chi connectivity index (χ0) is 32.7. The monoisotopic (exact) mass is 639 g/mol. The molecular weight excluding hydrogens is 556 g/mol. The van der Waals surface area contributed by atoms with E-state index in [0.717, 1.165) is 19.3 Å². The molecule has 1 unspecified atom stereocenters. The molecule has 270 valence electrons. The predicted octanol–water partition coefficient (Wildman–Crippen LogP) is 13.2. The third-order valence-corrected chi connectivity index (χ3v) is 9.43. The summed E-state index contributed by atoms with van der Waals surface area (Å²) in [6.45, 7) is 5.39. The van der Waals surface area contributed by atoms with Gasteiger partial charge in [-0.2, -0.15) is 0 Å². The minimum Gasteiger partial charge on any atom is -0.457 e. The predicted molar refractivity (Wildman–Crippen MR) is 196 cm³/mol. The van der Waals surface area contributed by atoms with E-state index in [-0.39, 0.29) is 12.6 Å². The van der Waals surface area contributed by atoms with Crippen LogP contribution in [0.5, 0.6) is 0 Å². The molecule has 4 nitrogen and oxygen atoms in total. The van der Waals surface area contributed by atoms with Crippen LogP contribution in [0.2, 0.25) is 0 Å². The van der Waals surface area contributed by atoms with Gasteiger partial charge >= 0.3 is 5.97 Å². The number of carbonyl (C=O) groups is 1. The summed E-state index contributed by atoms with van der Waals surface area (Å²) in [5.74, 6) is -0.196. The first kappa shape index (κ1) is 44.4. The van der Waals surface area contributed by atoms with Gasteiger partial charge < -0.3 is 14.6 Å². The van der Waals surface area contributed by atoms with Gasteiger partial charge in [-0.3, -0.25) is 4.79 Å². The lowest BCUT2D eigenvalue weighted by Crippen LogP contribution is -2.27. The van der Waals surface area contributed by atoms with Crippen molar-refractivity contribution in [3.8, 4) is 0 Å². The van der Waals surface area contributed by atoms with Crippen LogP contribution in [0.3, 0.4) is 0 Å². The van der Waals surface area contributed by atoms with E-state index >= 15 is 0 Å². The molecule has 0 aromatic heterocycles. The topological polar surface area (TPSA) is 55.8 Å². The SMILES string of the molecule is CCCCCCCCCCCCCCCCCCCCCCCCOCC(CO)OC(=O)CCCCCCCCCCCCC. The Labute approximate surface area is 283 Å². The summed E-state index contributed by atoms with van der Waals surface area (Å²) in [4.78, 5) is 12.1. The summed E-state index contributed by atoms with van der Waals surface area (Å²) in [5, 5.41) is 9.56. The van der Waals surface area contributed by atoms with E-state index in [1.807, 2.05) is 0 Å². The van der Waals surface area contributed by atoms with Gasteiger partial charge in [0.05, 0.1) is 13.2 Å². The highest BCUT2D eigenvalue weighted by Crippen LogP contribution is 2.16. The molecule has 0 aliphatic rings. The standard InChI is InChI=1S/C41H82O4/c1-3-5-7-9-11-13-15-16-17-18-19-20-21-22-23-24-25-27-29-31-33-35-37-44-39-40(38-42)45-41(43)36-34-32-30-28-26-14-12-10-8-6-4-2/h40,42H,3-39H2,1-2H3. The summed E-state index contributed by atoms with van der Waals surface area (Å²) in [5.41, 5.74) is 0. The van der Waals surface area contributed by atoms with Crippen LogP contribution >= 0.6 is 0 Å². The fraction of sp³-hybridized carbons (Fsp3) is 0.976. The van der Waals surface area contributed by atoms with Gasteiger partial charge in [0.15, 0.2) is 0 Å². The largest absolute Gasteiger partial charge is 0.457 e. The lowest BCUT2D eigenvalue weighted by molar-refractivity contribution is -0.154. The highest BCUT2D eigenvalue weighted by molar-refractivity contribution is 5.69. The number of aliphatic hydroxyl groups is 1. The Hall–Kier alpha value is -0.610. The number of esters is 1. The van der Waals surface area contributed by atoms with Gasteiger partial charge in [0, 0.05) is 13.0 Å². The van der Waals surface area contributed by atoms with Gasteiger partial charge in [0.25, 0.3) is 0 Å². The molecule has 1 atom stereocenters. The highest BCUT2D eigenvalue weighted by Gasteiger charge is 2.13. The van der Waals surface area contributed by atoms with Crippen LogP contribution in [-0.2, 0) is 14.3 Å². The van der Waals surface area contributed by atoms with Crippen molar-refractivity contribution in [2.24, 2.45) is 0 Å². The number of rotatable bonds is 39. The average molecular weight is 639 g/mol. The Morgan fingerprint density at radius 2 is 0.733 bits per heavy atom. The number of ether oxygens (including phenoxy) is 2. The van der Waals surface area contributed by atoms with E-state index in [9.17, 15) is 9.90 Å². The molecular formula is C41H82O4. The lowest BCUT2D eigenvalue weighted by atomic mass is 10.0. The lowest BCUT2D eigenvalue weighted by Gasteiger charge is -2.16. The maximum absolute atomic E-state index is 12.1. The van der Waals surface area contributed by atoms with E-state index in [1.54, 1.807) is 0 Å². The van der Waals surface area contributed by atoms with E-state index < -0.39 is 6.10 Å². The van der Waals surface area contributed by atoms with Crippen molar-refractivity contribution in [3.63, 3.8) is 0 Å².